The molecular formula is C15H26N4O3. The fraction of sp³-hybridized carbons (Fsp3) is 0.600. The molecule has 124 valence electrons. The third kappa shape index (κ3) is 6.17. The summed E-state index contributed by atoms with van der Waals surface area (Å²) >= 11 is 0. The number of nitrogens with two attached hydrogens (primary N) is 1. The van der Waals surface area contributed by atoms with Crippen LogP contribution in [0.2, 0.25) is 0 Å². The third-order valence-electron chi connectivity index (χ3n) is 3.44. The van der Waals surface area contributed by atoms with Gasteiger partial charge in [-0.05, 0) is 18.9 Å². The molecule has 0 radical (unpaired) electrons. The van der Waals surface area contributed by atoms with E-state index in [1.54, 1.807) is 6.20 Å². The first kappa shape index (κ1) is 18.0. The average molecular weight is 310 g/mol. The molecular weight excluding hydrogens is 284 g/mol. The van der Waals surface area contributed by atoms with Gasteiger partial charge in [0, 0.05) is 45.2 Å². The minimum absolute atomic E-state index is 0.281. The van der Waals surface area contributed by atoms with E-state index in [0.717, 1.165) is 23.6 Å². The molecule has 2 aliphatic heterocycles. The monoisotopic (exact) mass is 310 g/mol. The molecule has 0 bridgehead atoms. The van der Waals surface area contributed by atoms with Gasteiger partial charge >= 0.3 is 6.09 Å². The Hall–Kier alpha value is -2.02. The second-order valence-electron chi connectivity index (χ2n) is 5.53. The van der Waals surface area contributed by atoms with Gasteiger partial charge in [-0.25, -0.2) is 9.79 Å². The SMILES string of the molecule is CN(C)C(=O)O.NC1=NC=CC(=CN2CCCCCC2)C1O. The van der Waals surface area contributed by atoms with Crippen LogP contribution in [0, 0.1) is 0 Å². The van der Waals surface area contributed by atoms with Crippen molar-refractivity contribution in [3.8, 4) is 0 Å². The molecule has 1 amide bonds. The number of aliphatic hydroxyl groups excluding tert-OH is 1. The quantitative estimate of drug-likeness (QED) is 0.676. The second-order valence-corrected chi connectivity index (χ2v) is 5.53. The van der Waals surface area contributed by atoms with Crippen molar-refractivity contribution in [1.29, 1.82) is 0 Å². The van der Waals surface area contributed by atoms with Crippen LogP contribution in [0.15, 0.2) is 29.0 Å². The van der Waals surface area contributed by atoms with Crippen molar-refractivity contribution in [2.75, 3.05) is 27.2 Å². The average Bonchev–Trinajstić information content (AvgIpc) is 2.73. The van der Waals surface area contributed by atoms with E-state index >= 15 is 0 Å². The molecule has 2 rings (SSSR count). The molecule has 2 heterocycles. The predicted molar refractivity (Wildman–Crippen MR) is 86.6 cm³/mol. The Balaban J connectivity index is 0.000000346. The summed E-state index contributed by atoms with van der Waals surface area (Å²) in [6, 6.07) is 0. The fourth-order valence-corrected chi connectivity index (χ4v) is 2.09. The molecule has 1 saturated heterocycles. The van der Waals surface area contributed by atoms with Crippen molar-refractivity contribution in [3.63, 3.8) is 0 Å². The lowest BCUT2D eigenvalue weighted by Crippen LogP contribution is -2.32. The first-order valence-corrected chi connectivity index (χ1v) is 7.45. The van der Waals surface area contributed by atoms with Crippen molar-refractivity contribution in [3.05, 3.63) is 24.0 Å². The van der Waals surface area contributed by atoms with Gasteiger partial charge in [0.2, 0.25) is 0 Å². The largest absolute Gasteiger partial charge is 0.465 e. The number of likely N-dealkylation sites (tertiary alicyclic amines) is 1. The Morgan fingerprint density at radius 1 is 1.36 bits per heavy atom. The molecule has 1 fully saturated rings. The van der Waals surface area contributed by atoms with Gasteiger partial charge in [0.15, 0.2) is 0 Å². The molecule has 7 heteroatoms. The first-order chi connectivity index (χ1) is 10.4. The maximum Gasteiger partial charge on any atom is 0.406 e. The molecule has 4 N–H and O–H groups in total. The zero-order chi connectivity index (χ0) is 16.5. The minimum atomic E-state index is -0.907. The molecule has 0 saturated carbocycles. The zero-order valence-corrected chi connectivity index (χ0v) is 13.3. The van der Waals surface area contributed by atoms with E-state index in [0.29, 0.717) is 0 Å². The minimum Gasteiger partial charge on any atom is -0.465 e. The maximum atomic E-state index is 9.84. The van der Waals surface area contributed by atoms with Crippen molar-refractivity contribution >= 4 is 11.9 Å². The molecule has 1 atom stereocenters. The molecule has 0 aromatic carbocycles. The van der Waals surface area contributed by atoms with Gasteiger partial charge in [-0.2, -0.15) is 0 Å². The summed E-state index contributed by atoms with van der Waals surface area (Å²) in [5, 5.41) is 17.8. The summed E-state index contributed by atoms with van der Waals surface area (Å²) in [5.41, 5.74) is 6.44. The number of aliphatic imine (C=N–C) groups is 1. The first-order valence-electron chi connectivity index (χ1n) is 7.45. The van der Waals surface area contributed by atoms with E-state index in [1.807, 2.05) is 12.3 Å². The lowest BCUT2D eigenvalue weighted by molar-refractivity contribution is 0.165. The fourth-order valence-electron chi connectivity index (χ4n) is 2.09. The topological polar surface area (TPSA) is 102 Å². The van der Waals surface area contributed by atoms with Gasteiger partial charge in [-0.15, -0.1) is 0 Å². The van der Waals surface area contributed by atoms with Crippen LogP contribution in [0.1, 0.15) is 25.7 Å². The van der Waals surface area contributed by atoms with Crippen LogP contribution in [0.25, 0.3) is 0 Å². The molecule has 0 aliphatic carbocycles. The number of amides is 1. The lowest BCUT2D eigenvalue weighted by atomic mass is 10.1. The lowest BCUT2D eigenvalue weighted by Gasteiger charge is -2.22. The number of rotatable bonds is 1. The van der Waals surface area contributed by atoms with Gasteiger partial charge in [0.1, 0.15) is 11.9 Å². The molecule has 0 aromatic heterocycles. The number of carbonyl (C=O) groups is 1. The van der Waals surface area contributed by atoms with E-state index < -0.39 is 12.2 Å². The summed E-state index contributed by atoms with van der Waals surface area (Å²) < 4.78 is 0. The normalized spacial score (nSPS) is 23.2. The van der Waals surface area contributed by atoms with Crippen molar-refractivity contribution in [2.24, 2.45) is 10.7 Å². The van der Waals surface area contributed by atoms with Crippen LogP contribution in [-0.2, 0) is 0 Å². The number of amidine groups is 1. The predicted octanol–water partition coefficient (Wildman–Crippen LogP) is 1.22. The molecule has 2 aliphatic rings. The number of nitrogens with zero attached hydrogens (tertiary/aromatic N) is 3. The van der Waals surface area contributed by atoms with Crippen LogP contribution in [0.5, 0.6) is 0 Å². The van der Waals surface area contributed by atoms with E-state index in [2.05, 4.69) is 9.89 Å². The maximum absolute atomic E-state index is 9.84. The van der Waals surface area contributed by atoms with Crippen molar-refractivity contribution in [2.45, 2.75) is 31.8 Å². The summed E-state index contributed by atoms with van der Waals surface area (Å²) in [5.74, 6) is 0.281. The Bertz CT molecular complexity index is 450. The van der Waals surface area contributed by atoms with Crippen LogP contribution < -0.4 is 5.73 Å². The Kier molecular flexibility index (Phi) is 7.45. The number of aliphatic hydroxyl groups is 1. The Morgan fingerprint density at radius 3 is 2.41 bits per heavy atom. The van der Waals surface area contributed by atoms with E-state index in [1.165, 1.54) is 39.8 Å². The number of carboxylic acid groups (broad SMARTS) is 1. The third-order valence-corrected chi connectivity index (χ3v) is 3.44. The van der Waals surface area contributed by atoms with Gasteiger partial charge in [-0.1, -0.05) is 12.8 Å². The molecule has 22 heavy (non-hydrogen) atoms. The summed E-state index contributed by atoms with van der Waals surface area (Å²) in [4.78, 5) is 16.9. The van der Waals surface area contributed by atoms with Crippen molar-refractivity contribution < 1.29 is 15.0 Å². The van der Waals surface area contributed by atoms with Crippen molar-refractivity contribution in [1.82, 2.24) is 9.80 Å². The van der Waals surface area contributed by atoms with E-state index in [-0.39, 0.29) is 5.84 Å². The summed E-state index contributed by atoms with van der Waals surface area (Å²) in [6.45, 7) is 2.14. The van der Waals surface area contributed by atoms with Crippen LogP contribution >= 0.6 is 0 Å². The van der Waals surface area contributed by atoms with E-state index in [4.69, 9.17) is 10.8 Å². The van der Waals surface area contributed by atoms with Gasteiger partial charge in [0.25, 0.3) is 0 Å². The Labute approximate surface area is 131 Å². The summed E-state index contributed by atoms with van der Waals surface area (Å²) in [6.07, 6.45) is 8.92. The number of hydrogen-bond donors (Lipinski definition) is 3. The zero-order valence-electron chi connectivity index (χ0n) is 13.3. The van der Waals surface area contributed by atoms with Crippen LogP contribution in [-0.4, -0.2) is 65.2 Å². The number of hydrogen-bond acceptors (Lipinski definition) is 5. The van der Waals surface area contributed by atoms with Gasteiger partial charge in [-0.3, -0.25) is 0 Å². The second kappa shape index (κ2) is 9.09. The van der Waals surface area contributed by atoms with E-state index in [9.17, 15) is 9.90 Å². The smallest absolute Gasteiger partial charge is 0.406 e. The molecule has 1 unspecified atom stereocenters. The van der Waals surface area contributed by atoms with Crippen LogP contribution in [0.4, 0.5) is 4.79 Å². The standard InChI is InChI=1S/C12H19N3O.C3H7NO2/c13-12-11(16)10(5-6-14-12)9-15-7-3-1-2-4-8-15;1-4(2)3(5)6/h5-6,9,11,16H,1-4,7-8H2,(H2,13,14);1-2H3,(H,5,6). The highest BCUT2D eigenvalue weighted by atomic mass is 16.4. The van der Waals surface area contributed by atoms with Gasteiger partial charge in [0.05, 0.1) is 0 Å². The highest BCUT2D eigenvalue weighted by Gasteiger charge is 2.17. The molecule has 0 spiro atoms. The highest BCUT2D eigenvalue weighted by molar-refractivity contribution is 5.89. The highest BCUT2D eigenvalue weighted by Crippen LogP contribution is 2.15. The van der Waals surface area contributed by atoms with Crippen LogP contribution in [0.3, 0.4) is 0 Å². The Morgan fingerprint density at radius 2 is 1.91 bits per heavy atom. The van der Waals surface area contributed by atoms with Gasteiger partial charge < -0.3 is 25.7 Å². The summed E-state index contributed by atoms with van der Waals surface area (Å²) in [7, 11) is 2.95. The molecule has 7 nitrogen and oxygen atoms in total. The molecule has 0 aromatic rings.